The molecule has 0 radical (unpaired) electrons. The van der Waals surface area contributed by atoms with Gasteiger partial charge in [0.1, 0.15) is 5.82 Å². The maximum atomic E-state index is 12.8. The first-order chi connectivity index (χ1) is 17.1. The number of aliphatic carboxylic acids is 1. The van der Waals surface area contributed by atoms with E-state index in [1.165, 1.54) is 10.2 Å². The van der Waals surface area contributed by atoms with Crippen LogP contribution in [0.4, 0.5) is 13.2 Å². The number of nitrogens with zero attached hydrogens (tertiary/aromatic N) is 4. The summed E-state index contributed by atoms with van der Waals surface area (Å²) in [5.74, 6) is -1.94. The van der Waals surface area contributed by atoms with Gasteiger partial charge in [0.25, 0.3) is 0 Å². The second-order valence-electron chi connectivity index (χ2n) is 8.97. The molecule has 1 spiro atoms. The first kappa shape index (κ1) is 25.8. The summed E-state index contributed by atoms with van der Waals surface area (Å²) in [4.78, 5) is 36.7. The average Bonchev–Trinajstić information content (AvgIpc) is 3.48. The van der Waals surface area contributed by atoms with Crippen molar-refractivity contribution in [3.63, 3.8) is 0 Å². The molecule has 2 aliphatic rings. The fourth-order valence-electron chi connectivity index (χ4n) is 4.69. The topological polar surface area (TPSA) is 97.4 Å². The summed E-state index contributed by atoms with van der Waals surface area (Å²) < 4.78 is 34.7. The molecule has 36 heavy (non-hydrogen) atoms. The van der Waals surface area contributed by atoms with Gasteiger partial charge in [0.05, 0.1) is 6.54 Å². The highest BCUT2D eigenvalue weighted by Gasteiger charge is 2.44. The number of hydrogen-bond acceptors (Lipinski definition) is 6. The first-order valence-corrected chi connectivity index (χ1v) is 12.3. The number of benzene rings is 1. The second kappa shape index (κ2) is 10.4. The first-order valence-electron chi connectivity index (χ1n) is 11.4. The van der Waals surface area contributed by atoms with Crippen molar-refractivity contribution in [2.24, 2.45) is 0 Å². The van der Waals surface area contributed by atoms with E-state index in [4.69, 9.17) is 15.0 Å². The lowest BCUT2D eigenvalue weighted by Gasteiger charge is -2.38. The van der Waals surface area contributed by atoms with Crippen molar-refractivity contribution >= 4 is 17.3 Å². The quantitative estimate of drug-likeness (QED) is 0.529. The number of hydrogen-bond donors (Lipinski definition) is 1. The molecule has 4 heterocycles. The second-order valence-corrected chi connectivity index (χ2v) is 9.75. The van der Waals surface area contributed by atoms with Crippen LogP contribution in [0.2, 0.25) is 0 Å². The maximum Gasteiger partial charge on any atom is 0.490 e. The van der Waals surface area contributed by atoms with Crippen LogP contribution in [0.5, 0.6) is 0 Å². The van der Waals surface area contributed by atoms with E-state index in [9.17, 15) is 22.8 Å². The van der Waals surface area contributed by atoms with Crippen LogP contribution < -0.4 is 11.1 Å². The summed E-state index contributed by atoms with van der Waals surface area (Å²) in [7, 11) is 0. The van der Waals surface area contributed by atoms with Gasteiger partial charge in [0.15, 0.2) is 0 Å². The zero-order valence-corrected chi connectivity index (χ0v) is 20.1. The smallest absolute Gasteiger partial charge is 0.475 e. The van der Waals surface area contributed by atoms with E-state index in [-0.39, 0.29) is 5.41 Å². The van der Waals surface area contributed by atoms with E-state index < -0.39 is 23.3 Å². The molecule has 0 bridgehead atoms. The number of rotatable bonds is 4. The molecule has 0 atom stereocenters. The average molecular weight is 523 g/mol. The number of carbonyl (C=O) groups is 1. The van der Waals surface area contributed by atoms with Crippen LogP contribution in [0.25, 0.3) is 0 Å². The Bertz CT molecular complexity index is 1310. The van der Waals surface area contributed by atoms with E-state index >= 15 is 0 Å². The number of carboxylic acids is 1. The largest absolute Gasteiger partial charge is 0.490 e. The normalized spacial score (nSPS) is 16.9. The van der Waals surface area contributed by atoms with Gasteiger partial charge in [0.2, 0.25) is 0 Å². The third kappa shape index (κ3) is 5.59. The van der Waals surface area contributed by atoms with E-state index in [2.05, 4.69) is 21.7 Å². The Labute approximate surface area is 208 Å². The molecule has 1 fully saturated rings. The molecule has 1 aromatic carbocycles. The molecular weight excluding hydrogens is 497 g/mol. The van der Waals surface area contributed by atoms with E-state index in [0.29, 0.717) is 13.1 Å². The fraction of sp³-hybridized carbons (Fsp3) is 0.417. The summed E-state index contributed by atoms with van der Waals surface area (Å²) in [6.07, 6.45) is -2.23. The summed E-state index contributed by atoms with van der Waals surface area (Å²) in [6.45, 7) is 3.90. The van der Waals surface area contributed by atoms with Gasteiger partial charge < -0.3 is 5.11 Å². The molecule has 0 unspecified atom stereocenters. The molecule has 5 rings (SSSR count). The Balaban J connectivity index is 0.000000384. The van der Waals surface area contributed by atoms with Crippen molar-refractivity contribution < 1.29 is 23.1 Å². The van der Waals surface area contributed by atoms with Gasteiger partial charge in [-0.1, -0.05) is 30.3 Å². The maximum absolute atomic E-state index is 12.8. The van der Waals surface area contributed by atoms with Crippen LogP contribution in [-0.2, 0) is 29.8 Å². The van der Waals surface area contributed by atoms with Gasteiger partial charge in [0, 0.05) is 18.5 Å². The van der Waals surface area contributed by atoms with E-state index in [1.807, 2.05) is 30.3 Å². The van der Waals surface area contributed by atoms with Crippen LogP contribution in [0.1, 0.15) is 36.2 Å². The third-order valence-electron chi connectivity index (χ3n) is 6.64. The number of fused-ring (bicyclic) bond motifs is 2. The third-order valence-corrected chi connectivity index (χ3v) is 7.37. The molecular formula is C24H25F3N4O4S. The van der Waals surface area contributed by atoms with Gasteiger partial charge in [-0.2, -0.15) is 29.6 Å². The number of alkyl halides is 3. The predicted molar refractivity (Wildman–Crippen MR) is 127 cm³/mol. The molecule has 1 saturated heterocycles. The number of thiophene rings is 1. The zero-order chi connectivity index (χ0) is 25.9. The van der Waals surface area contributed by atoms with Crippen LogP contribution in [0.15, 0.2) is 56.7 Å². The molecule has 0 saturated carbocycles. The fourth-order valence-corrected chi connectivity index (χ4v) is 5.35. The lowest BCUT2D eigenvalue weighted by atomic mass is 9.76. The highest BCUT2D eigenvalue weighted by Crippen LogP contribution is 2.41. The molecule has 8 nitrogen and oxygen atoms in total. The standard InChI is InChI=1S/C22H24N4O2S.C2HF3O2/c27-19-20(28)26(15-17-4-2-1-3-5-17)23-21-22(9-12-25(19)21)7-10-24(11-8-22)14-18-6-13-29-16-18;3-2(4,5)1(6)7/h1-6,13,16H,7-12,14-15H2;(H,6,7). The minimum absolute atomic E-state index is 0.0869. The Morgan fingerprint density at radius 2 is 1.61 bits per heavy atom. The molecule has 3 aromatic rings. The Morgan fingerprint density at radius 3 is 2.19 bits per heavy atom. The minimum atomic E-state index is -5.08. The van der Waals surface area contributed by atoms with Crippen LogP contribution >= 0.6 is 11.3 Å². The number of carboxylic acid groups (broad SMARTS) is 1. The van der Waals surface area contributed by atoms with Crippen molar-refractivity contribution in [3.05, 3.63) is 84.8 Å². The Morgan fingerprint density at radius 1 is 0.972 bits per heavy atom. The van der Waals surface area contributed by atoms with Crippen LogP contribution in [-0.4, -0.2) is 49.6 Å². The number of halogens is 3. The SMILES string of the molecule is O=C(O)C(F)(F)F.O=c1c(=O)n2c(nn1Cc1ccccc1)C1(CCN(Cc3ccsc3)CC1)CC2. The summed E-state index contributed by atoms with van der Waals surface area (Å²) in [6, 6.07) is 11.9. The van der Waals surface area contributed by atoms with Gasteiger partial charge in [-0.05, 0) is 60.3 Å². The van der Waals surface area contributed by atoms with Crippen molar-refractivity contribution in [3.8, 4) is 0 Å². The molecule has 192 valence electrons. The van der Waals surface area contributed by atoms with Crippen molar-refractivity contribution in [1.82, 2.24) is 19.2 Å². The van der Waals surface area contributed by atoms with Gasteiger partial charge in [-0.3, -0.25) is 19.1 Å². The molecule has 1 N–H and O–H groups in total. The monoisotopic (exact) mass is 522 g/mol. The predicted octanol–water partition coefficient (Wildman–Crippen LogP) is 3.09. The summed E-state index contributed by atoms with van der Waals surface area (Å²) in [5, 5.41) is 16.2. The number of piperidine rings is 1. The number of likely N-dealkylation sites (tertiary alicyclic amines) is 1. The minimum Gasteiger partial charge on any atom is -0.475 e. The molecule has 2 aromatic heterocycles. The highest BCUT2D eigenvalue weighted by molar-refractivity contribution is 7.07. The van der Waals surface area contributed by atoms with Crippen LogP contribution in [0.3, 0.4) is 0 Å². The van der Waals surface area contributed by atoms with E-state index in [0.717, 1.165) is 50.3 Å². The van der Waals surface area contributed by atoms with Crippen LogP contribution in [0, 0.1) is 0 Å². The van der Waals surface area contributed by atoms with E-state index in [1.54, 1.807) is 15.9 Å². The van der Waals surface area contributed by atoms with Crippen molar-refractivity contribution in [2.75, 3.05) is 13.1 Å². The Kier molecular flexibility index (Phi) is 7.46. The molecule has 12 heteroatoms. The number of aromatic nitrogens is 3. The van der Waals surface area contributed by atoms with Crippen molar-refractivity contribution in [2.45, 2.75) is 50.5 Å². The van der Waals surface area contributed by atoms with Gasteiger partial charge >= 0.3 is 23.3 Å². The summed E-state index contributed by atoms with van der Waals surface area (Å²) >= 11 is 1.74. The highest BCUT2D eigenvalue weighted by atomic mass is 32.1. The zero-order valence-electron chi connectivity index (χ0n) is 19.3. The molecule has 2 aliphatic heterocycles. The van der Waals surface area contributed by atoms with Gasteiger partial charge in [-0.15, -0.1) is 0 Å². The molecule has 0 amide bonds. The lowest BCUT2D eigenvalue weighted by molar-refractivity contribution is -0.192. The molecule has 0 aliphatic carbocycles. The Hall–Kier alpha value is -3.25. The van der Waals surface area contributed by atoms with Crippen molar-refractivity contribution in [1.29, 1.82) is 0 Å². The summed E-state index contributed by atoms with van der Waals surface area (Å²) in [5.41, 5.74) is 1.30. The van der Waals surface area contributed by atoms with Gasteiger partial charge in [-0.25, -0.2) is 9.48 Å². The lowest BCUT2D eigenvalue weighted by Crippen LogP contribution is -2.47.